The quantitative estimate of drug-likeness (QED) is 0.152. The standard InChI is InChI=1S/C50H43N/c1-35-15-25-45(26-16-35)51-46-27-20-40(21-28-46)34-50(43-13-9-6-10-14-43)48-30-24-44(32-38(48)4)41-22-18-39(19-23-41)33-49(42-11-7-5-8-12-42)47-29-17-36(2)31-37(47)3/h5-34,51H,1-4H3. The highest BCUT2D eigenvalue weighted by atomic mass is 14.9. The molecular weight excluding hydrogens is 615 g/mol. The molecule has 0 unspecified atom stereocenters. The molecule has 1 heteroatoms. The summed E-state index contributed by atoms with van der Waals surface area (Å²) in [5.74, 6) is 0. The lowest BCUT2D eigenvalue weighted by atomic mass is 9.90. The van der Waals surface area contributed by atoms with E-state index in [1.807, 2.05) is 0 Å². The van der Waals surface area contributed by atoms with Crippen LogP contribution in [0.2, 0.25) is 0 Å². The fourth-order valence-electron chi connectivity index (χ4n) is 6.70. The maximum atomic E-state index is 3.51. The fraction of sp³-hybridized carbons (Fsp3) is 0.0800. The largest absolute Gasteiger partial charge is 0.356 e. The van der Waals surface area contributed by atoms with Gasteiger partial charge in [0.25, 0.3) is 0 Å². The van der Waals surface area contributed by atoms with Crippen molar-refractivity contribution >= 4 is 34.7 Å². The molecule has 248 valence electrons. The highest BCUT2D eigenvalue weighted by Gasteiger charge is 2.12. The van der Waals surface area contributed by atoms with Crippen LogP contribution in [0.4, 0.5) is 11.4 Å². The lowest BCUT2D eigenvalue weighted by Gasteiger charge is -2.15. The minimum atomic E-state index is 1.07. The molecule has 7 aromatic rings. The number of nitrogens with one attached hydrogen (secondary N) is 1. The van der Waals surface area contributed by atoms with Gasteiger partial charge >= 0.3 is 0 Å². The molecule has 0 radical (unpaired) electrons. The molecule has 7 rings (SSSR count). The highest BCUT2D eigenvalue weighted by molar-refractivity contribution is 5.94. The minimum Gasteiger partial charge on any atom is -0.356 e. The summed E-state index contributed by atoms with van der Waals surface area (Å²) in [5.41, 5.74) is 19.3. The maximum Gasteiger partial charge on any atom is 0.0384 e. The van der Waals surface area contributed by atoms with Crippen LogP contribution in [0.25, 0.3) is 34.4 Å². The topological polar surface area (TPSA) is 12.0 Å². The zero-order valence-electron chi connectivity index (χ0n) is 29.8. The zero-order chi connectivity index (χ0) is 35.2. The molecule has 1 nitrogen and oxygen atoms in total. The van der Waals surface area contributed by atoms with Crippen molar-refractivity contribution in [1.82, 2.24) is 0 Å². The summed E-state index contributed by atoms with van der Waals surface area (Å²) in [5, 5.41) is 3.51. The Kier molecular flexibility index (Phi) is 9.90. The number of hydrogen-bond donors (Lipinski definition) is 1. The second-order valence-electron chi connectivity index (χ2n) is 13.4. The molecule has 0 saturated carbocycles. The Hall–Kier alpha value is -6.18. The molecule has 0 aliphatic rings. The average Bonchev–Trinajstić information content (AvgIpc) is 3.16. The third-order valence-corrected chi connectivity index (χ3v) is 9.48. The van der Waals surface area contributed by atoms with E-state index in [4.69, 9.17) is 0 Å². The molecule has 0 aromatic heterocycles. The number of anilines is 2. The van der Waals surface area contributed by atoms with Crippen LogP contribution in [-0.2, 0) is 0 Å². The van der Waals surface area contributed by atoms with Gasteiger partial charge in [-0.05, 0) is 131 Å². The summed E-state index contributed by atoms with van der Waals surface area (Å²) in [6.07, 6.45) is 4.61. The molecule has 0 atom stereocenters. The molecule has 0 spiro atoms. The van der Waals surface area contributed by atoms with Crippen LogP contribution in [-0.4, -0.2) is 0 Å². The molecule has 0 amide bonds. The van der Waals surface area contributed by atoms with Crippen LogP contribution in [0, 0.1) is 27.7 Å². The highest BCUT2D eigenvalue weighted by Crippen LogP contribution is 2.33. The van der Waals surface area contributed by atoms with Crippen molar-refractivity contribution in [3.05, 3.63) is 225 Å². The van der Waals surface area contributed by atoms with Crippen LogP contribution < -0.4 is 5.32 Å². The third-order valence-electron chi connectivity index (χ3n) is 9.48. The van der Waals surface area contributed by atoms with Crippen molar-refractivity contribution in [2.45, 2.75) is 27.7 Å². The van der Waals surface area contributed by atoms with E-state index in [0.29, 0.717) is 0 Å². The first kappa shape index (κ1) is 33.3. The normalized spacial score (nSPS) is 11.8. The van der Waals surface area contributed by atoms with E-state index in [9.17, 15) is 0 Å². The molecule has 0 heterocycles. The summed E-state index contributed by atoms with van der Waals surface area (Å²) >= 11 is 0. The van der Waals surface area contributed by atoms with Crippen molar-refractivity contribution in [2.24, 2.45) is 0 Å². The number of hydrogen-bond acceptors (Lipinski definition) is 1. The Labute approximate surface area is 303 Å². The van der Waals surface area contributed by atoms with Gasteiger partial charge < -0.3 is 5.32 Å². The van der Waals surface area contributed by atoms with Gasteiger partial charge in [-0.15, -0.1) is 0 Å². The molecule has 0 aliphatic carbocycles. The van der Waals surface area contributed by atoms with E-state index < -0.39 is 0 Å². The van der Waals surface area contributed by atoms with Gasteiger partial charge in [-0.2, -0.15) is 0 Å². The van der Waals surface area contributed by atoms with Gasteiger partial charge in [0.05, 0.1) is 0 Å². The Morgan fingerprint density at radius 3 is 1.33 bits per heavy atom. The van der Waals surface area contributed by atoms with Gasteiger partial charge in [0, 0.05) is 11.4 Å². The van der Waals surface area contributed by atoms with Gasteiger partial charge in [0.2, 0.25) is 0 Å². The van der Waals surface area contributed by atoms with E-state index in [-0.39, 0.29) is 0 Å². The summed E-state index contributed by atoms with van der Waals surface area (Å²) in [4.78, 5) is 0. The monoisotopic (exact) mass is 657 g/mol. The van der Waals surface area contributed by atoms with Crippen LogP contribution in [0.3, 0.4) is 0 Å². The summed E-state index contributed by atoms with van der Waals surface area (Å²) in [6.45, 7) is 8.68. The van der Waals surface area contributed by atoms with E-state index in [2.05, 4.69) is 215 Å². The molecule has 0 bridgehead atoms. The lowest BCUT2D eigenvalue weighted by molar-refractivity contribution is 1.35. The first-order valence-corrected chi connectivity index (χ1v) is 17.7. The first-order valence-electron chi connectivity index (χ1n) is 17.7. The molecule has 0 aliphatic heterocycles. The van der Waals surface area contributed by atoms with E-state index in [1.54, 1.807) is 0 Å². The fourth-order valence-corrected chi connectivity index (χ4v) is 6.70. The van der Waals surface area contributed by atoms with Crippen molar-refractivity contribution in [3.8, 4) is 11.1 Å². The SMILES string of the molecule is Cc1ccc(Nc2ccc(C=C(c3ccccc3)c3ccc(-c4ccc(C=C(c5ccccc5)c5ccc(C)cc5C)cc4)cc3C)cc2)cc1. The lowest BCUT2D eigenvalue weighted by Crippen LogP contribution is -1.94. The van der Waals surface area contributed by atoms with Crippen LogP contribution >= 0.6 is 0 Å². The Bertz CT molecular complexity index is 2310. The van der Waals surface area contributed by atoms with Crippen molar-refractivity contribution in [1.29, 1.82) is 0 Å². The second-order valence-corrected chi connectivity index (χ2v) is 13.4. The molecule has 7 aromatic carbocycles. The Morgan fingerprint density at radius 2 is 0.824 bits per heavy atom. The summed E-state index contributed by atoms with van der Waals surface area (Å²) in [7, 11) is 0. The van der Waals surface area contributed by atoms with Crippen LogP contribution in [0.15, 0.2) is 170 Å². The van der Waals surface area contributed by atoms with E-state index in [0.717, 1.165) is 16.9 Å². The van der Waals surface area contributed by atoms with Gasteiger partial charge in [0.15, 0.2) is 0 Å². The first-order chi connectivity index (χ1) is 24.9. The Balaban J connectivity index is 1.17. The summed E-state index contributed by atoms with van der Waals surface area (Å²) in [6, 6.07) is 61.0. The van der Waals surface area contributed by atoms with E-state index in [1.165, 1.54) is 72.3 Å². The van der Waals surface area contributed by atoms with Gasteiger partial charge in [-0.3, -0.25) is 0 Å². The third kappa shape index (κ3) is 8.01. The Morgan fingerprint density at radius 1 is 0.392 bits per heavy atom. The van der Waals surface area contributed by atoms with Gasteiger partial charge in [-0.1, -0.05) is 157 Å². The van der Waals surface area contributed by atoms with Crippen LogP contribution in [0.1, 0.15) is 55.6 Å². The number of aryl methyl sites for hydroxylation is 4. The van der Waals surface area contributed by atoms with Crippen molar-refractivity contribution in [3.63, 3.8) is 0 Å². The average molecular weight is 658 g/mol. The van der Waals surface area contributed by atoms with Gasteiger partial charge in [0.1, 0.15) is 0 Å². The van der Waals surface area contributed by atoms with E-state index >= 15 is 0 Å². The predicted octanol–water partition coefficient (Wildman–Crippen LogP) is 13.5. The summed E-state index contributed by atoms with van der Waals surface area (Å²) < 4.78 is 0. The predicted molar refractivity (Wildman–Crippen MR) is 220 cm³/mol. The number of benzene rings is 7. The molecular formula is C50H43N. The minimum absolute atomic E-state index is 1.07. The second kappa shape index (κ2) is 15.2. The van der Waals surface area contributed by atoms with Crippen molar-refractivity contribution in [2.75, 3.05) is 5.32 Å². The molecule has 0 saturated heterocycles. The molecule has 51 heavy (non-hydrogen) atoms. The molecule has 0 fully saturated rings. The van der Waals surface area contributed by atoms with Crippen molar-refractivity contribution < 1.29 is 0 Å². The smallest absolute Gasteiger partial charge is 0.0384 e. The molecule has 1 N–H and O–H groups in total. The zero-order valence-corrected chi connectivity index (χ0v) is 29.8. The number of rotatable bonds is 9. The van der Waals surface area contributed by atoms with Crippen LogP contribution in [0.5, 0.6) is 0 Å². The van der Waals surface area contributed by atoms with Gasteiger partial charge in [-0.25, -0.2) is 0 Å². The maximum absolute atomic E-state index is 3.51.